The van der Waals surface area contributed by atoms with Gasteiger partial charge in [0.2, 0.25) is 0 Å². The zero-order valence-electron chi connectivity index (χ0n) is 17.5. The quantitative estimate of drug-likeness (QED) is 0.471. The Balaban J connectivity index is 1.76. The number of benzene rings is 2. The van der Waals surface area contributed by atoms with E-state index in [1.165, 1.54) is 18.2 Å². The number of hydrogen-bond acceptors (Lipinski definition) is 3. The topological polar surface area (TPSA) is 85.4 Å². The summed E-state index contributed by atoms with van der Waals surface area (Å²) >= 11 is 5.87. The molecule has 1 aromatic heterocycles. The number of aromatic nitrogens is 1. The second-order valence-corrected chi connectivity index (χ2v) is 8.39. The number of aliphatic hydroxyl groups excluding tert-OH is 1. The maximum absolute atomic E-state index is 13.5. The molecule has 0 bridgehead atoms. The van der Waals surface area contributed by atoms with E-state index in [9.17, 15) is 19.1 Å². The minimum Gasteiger partial charge on any atom is -0.396 e. The number of carbonyl (C=O) groups excluding carboxylic acids is 1. The summed E-state index contributed by atoms with van der Waals surface area (Å²) in [7, 11) is 0. The molecular weight excluding hydrogens is 433 g/mol. The van der Waals surface area contributed by atoms with Gasteiger partial charge in [-0.1, -0.05) is 36.2 Å². The largest absolute Gasteiger partial charge is 0.396 e. The Hall–Kier alpha value is -2.90. The Kier molecular flexibility index (Phi) is 6.77. The maximum atomic E-state index is 13.5. The van der Waals surface area contributed by atoms with Crippen molar-refractivity contribution >= 4 is 34.1 Å². The van der Waals surface area contributed by atoms with E-state index in [0.717, 1.165) is 42.3 Å². The number of halogens is 2. The number of aliphatic hydroxyl groups is 1. The Labute approximate surface area is 190 Å². The number of aryl methyl sites for hydroxylation is 1. The van der Waals surface area contributed by atoms with Crippen molar-refractivity contribution in [2.45, 2.75) is 38.1 Å². The summed E-state index contributed by atoms with van der Waals surface area (Å²) in [6.07, 6.45) is 3.66. The highest BCUT2D eigenvalue weighted by atomic mass is 35.5. The van der Waals surface area contributed by atoms with Gasteiger partial charge in [0.25, 0.3) is 5.56 Å². The first-order chi connectivity index (χ1) is 15.5. The van der Waals surface area contributed by atoms with E-state index in [-0.39, 0.29) is 29.3 Å². The molecule has 0 spiro atoms. The van der Waals surface area contributed by atoms with E-state index < -0.39 is 5.82 Å². The number of hydrogen-bond donors (Lipinski definition) is 3. The van der Waals surface area contributed by atoms with Crippen LogP contribution in [0.4, 0.5) is 14.9 Å². The number of anilines is 1. The lowest BCUT2D eigenvalue weighted by atomic mass is 9.95. The molecule has 2 aromatic carbocycles. The molecule has 1 unspecified atom stereocenters. The smallest absolute Gasteiger partial charge is 0.322 e. The number of nitrogens with zero attached hydrogens (tertiary/aromatic N) is 1. The lowest BCUT2D eigenvalue weighted by Gasteiger charge is -2.33. The zero-order valence-corrected chi connectivity index (χ0v) is 18.3. The Morgan fingerprint density at radius 1 is 1.22 bits per heavy atom. The molecule has 1 heterocycles. The van der Waals surface area contributed by atoms with Crippen LogP contribution in [0.5, 0.6) is 0 Å². The molecule has 1 aliphatic rings. The van der Waals surface area contributed by atoms with Crippen molar-refractivity contribution in [3.63, 3.8) is 0 Å². The molecule has 0 fully saturated rings. The van der Waals surface area contributed by atoms with Crippen LogP contribution in [-0.4, -0.2) is 34.2 Å². The summed E-state index contributed by atoms with van der Waals surface area (Å²) in [5, 5.41) is 13.6. The van der Waals surface area contributed by atoms with Crippen LogP contribution in [-0.2, 0) is 6.42 Å². The van der Waals surface area contributed by atoms with Crippen molar-refractivity contribution in [3.8, 4) is 0 Å². The van der Waals surface area contributed by atoms with Gasteiger partial charge < -0.3 is 20.3 Å². The number of carbonyl (C=O) groups is 1. The highest BCUT2D eigenvalue weighted by Gasteiger charge is 2.30. The van der Waals surface area contributed by atoms with Gasteiger partial charge in [0.15, 0.2) is 0 Å². The third kappa shape index (κ3) is 4.49. The summed E-state index contributed by atoms with van der Waals surface area (Å²) in [5.41, 5.74) is 2.05. The molecule has 1 aliphatic carbocycles. The SMILES string of the molecule is O=C(Nc1ccc(F)c(Cl)c1)N(CCCO)C1CCCCc2[nH]c(=O)c3ccccc3c21. The summed E-state index contributed by atoms with van der Waals surface area (Å²) in [4.78, 5) is 30.7. The number of pyridine rings is 1. The first kappa shape index (κ1) is 22.3. The van der Waals surface area contributed by atoms with Crippen LogP contribution >= 0.6 is 11.6 Å². The Bertz CT molecular complexity index is 1200. The van der Waals surface area contributed by atoms with Crippen molar-refractivity contribution in [3.05, 3.63) is 74.9 Å². The number of fused-ring (bicyclic) bond motifs is 3. The van der Waals surface area contributed by atoms with Crippen LogP contribution in [0.2, 0.25) is 5.02 Å². The molecule has 0 saturated heterocycles. The van der Waals surface area contributed by atoms with Gasteiger partial charge >= 0.3 is 6.03 Å². The van der Waals surface area contributed by atoms with E-state index >= 15 is 0 Å². The zero-order chi connectivity index (χ0) is 22.7. The minimum absolute atomic E-state index is 0.0574. The molecule has 3 N–H and O–H groups in total. The Morgan fingerprint density at radius 3 is 2.75 bits per heavy atom. The van der Waals surface area contributed by atoms with Gasteiger partial charge in [0, 0.05) is 35.5 Å². The van der Waals surface area contributed by atoms with Crippen molar-refractivity contribution < 1.29 is 14.3 Å². The fourth-order valence-corrected chi connectivity index (χ4v) is 4.61. The third-order valence-electron chi connectivity index (χ3n) is 5.90. The number of nitrogens with one attached hydrogen (secondary N) is 2. The summed E-state index contributed by atoms with van der Waals surface area (Å²) in [5.74, 6) is -0.560. The number of H-pyrrole nitrogens is 1. The van der Waals surface area contributed by atoms with Crippen molar-refractivity contribution in [1.82, 2.24) is 9.88 Å². The van der Waals surface area contributed by atoms with Gasteiger partial charge in [0.1, 0.15) is 5.82 Å². The molecule has 4 rings (SSSR count). The second-order valence-electron chi connectivity index (χ2n) is 7.98. The molecule has 0 saturated carbocycles. The average Bonchev–Trinajstić information content (AvgIpc) is 2.99. The maximum Gasteiger partial charge on any atom is 0.322 e. The molecule has 168 valence electrons. The highest BCUT2D eigenvalue weighted by Crippen LogP contribution is 2.36. The van der Waals surface area contributed by atoms with Crippen LogP contribution in [0, 0.1) is 5.82 Å². The molecule has 8 heteroatoms. The summed E-state index contributed by atoms with van der Waals surface area (Å²) in [6.45, 7) is 0.271. The lowest BCUT2D eigenvalue weighted by molar-refractivity contribution is 0.173. The van der Waals surface area contributed by atoms with Crippen molar-refractivity contribution in [2.24, 2.45) is 0 Å². The summed E-state index contributed by atoms with van der Waals surface area (Å²) in [6, 6.07) is 10.8. The van der Waals surface area contributed by atoms with Gasteiger partial charge in [0.05, 0.1) is 11.1 Å². The van der Waals surface area contributed by atoms with Gasteiger partial charge in [-0.15, -0.1) is 0 Å². The van der Waals surface area contributed by atoms with Crippen LogP contribution in [0.3, 0.4) is 0 Å². The minimum atomic E-state index is -0.560. The molecule has 32 heavy (non-hydrogen) atoms. The van der Waals surface area contributed by atoms with Crippen molar-refractivity contribution in [2.75, 3.05) is 18.5 Å². The monoisotopic (exact) mass is 457 g/mol. The van der Waals surface area contributed by atoms with Gasteiger partial charge in [-0.2, -0.15) is 0 Å². The Morgan fingerprint density at radius 2 is 2.00 bits per heavy atom. The first-order valence-electron chi connectivity index (χ1n) is 10.8. The molecule has 6 nitrogen and oxygen atoms in total. The highest BCUT2D eigenvalue weighted by molar-refractivity contribution is 6.31. The van der Waals surface area contributed by atoms with E-state index in [0.29, 0.717) is 24.0 Å². The third-order valence-corrected chi connectivity index (χ3v) is 6.19. The van der Waals surface area contributed by atoms with Gasteiger partial charge in [-0.3, -0.25) is 4.79 Å². The number of aromatic amines is 1. The standard InChI is InChI=1S/C24H25ClFN3O3/c25-18-14-15(10-11-19(18)26)27-24(32)29(12-5-13-30)21-9-4-3-8-20-22(21)16-6-1-2-7-17(16)23(31)28-20/h1-2,6-7,10-11,14,21,30H,3-5,8-9,12-13H2,(H,27,32)(H,28,31). The normalized spacial score (nSPS) is 15.8. The number of rotatable bonds is 5. The van der Waals surface area contributed by atoms with E-state index in [2.05, 4.69) is 10.3 Å². The predicted octanol–water partition coefficient (Wildman–Crippen LogP) is 5.00. The fraction of sp³-hybridized carbons (Fsp3) is 0.333. The van der Waals surface area contributed by atoms with Gasteiger partial charge in [-0.25, -0.2) is 9.18 Å². The van der Waals surface area contributed by atoms with Gasteiger partial charge in [-0.05, 0) is 55.3 Å². The first-order valence-corrected chi connectivity index (χ1v) is 11.1. The summed E-state index contributed by atoms with van der Waals surface area (Å²) < 4.78 is 13.5. The van der Waals surface area contributed by atoms with Crippen LogP contribution in [0.25, 0.3) is 10.8 Å². The fourth-order valence-electron chi connectivity index (χ4n) is 4.43. The van der Waals surface area contributed by atoms with E-state index in [4.69, 9.17) is 11.6 Å². The molecule has 1 atom stereocenters. The number of amides is 2. The molecule has 2 amide bonds. The van der Waals surface area contributed by atoms with Crippen LogP contribution in [0.15, 0.2) is 47.3 Å². The van der Waals surface area contributed by atoms with Crippen LogP contribution < -0.4 is 10.9 Å². The van der Waals surface area contributed by atoms with E-state index in [1.54, 1.807) is 11.0 Å². The average molecular weight is 458 g/mol. The lowest BCUT2D eigenvalue weighted by Crippen LogP contribution is -2.39. The molecule has 0 aliphatic heterocycles. The molecular formula is C24H25ClFN3O3. The van der Waals surface area contributed by atoms with E-state index in [1.807, 2.05) is 18.2 Å². The predicted molar refractivity (Wildman–Crippen MR) is 124 cm³/mol. The van der Waals surface area contributed by atoms with Crippen molar-refractivity contribution in [1.29, 1.82) is 0 Å². The molecule has 0 radical (unpaired) electrons. The number of urea groups is 1. The second kappa shape index (κ2) is 9.71. The molecule has 3 aromatic rings. The van der Waals surface area contributed by atoms with Crippen LogP contribution in [0.1, 0.15) is 43.0 Å².